The molecule has 1 amide bonds. The van der Waals surface area contributed by atoms with Crippen molar-refractivity contribution in [2.24, 2.45) is 5.92 Å². The van der Waals surface area contributed by atoms with E-state index in [0.29, 0.717) is 18.9 Å². The number of carbonyl (C=O) groups is 1. The minimum atomic E-state index is 0.167. The minimum Gasteiger partial charge on any atom is -0.384 e. The Morgan fingerprint density at radius 2 is 2.35 bits per heavy atom. The number of pyridine rings is 1. The van der Waals surface area contributed by atoms with Crippen molar-refractivity contribution in [3.8, 4) is 11.3 Å². The summed E-state index contributed by atoms with van der Waals surface area (Å²) in [5.74, 6) is 0.898. The summed E-state index contributed by atoms with van der Waals surface area (Å²) >= 11 is 0. The van der Waals surface area contributed by atoms with E-state index in [-0.39, 0.29) is 11.8 Å². The second kappa shape index (κ2) is 5.32. The van der Waals surface area contributed by atoms with Crippen LogP contribution in [0.25, 0.3) is 11.3 Å². The summed E-state index contributed by atoms with van der Waals surface area (Å²) in [6.07, 6.45) is 7.28. The fourth-order valence-corrected chi connectivity index (χ4v) is 2.14. The van der Waals surface area contributed by atoms with E-state index in [1.807, 2.05) is 16.7 Å². The lowest BCUT2D eigenvalue weighted by Crippen LogP contribution is -2.28. The highest BCUT2D eigenvalue weighted by atomic mass is 16.2. The third kappa shape index (κ3) is 2.79. The van der Waals surface area contributed by atoms with E-state index < -0.39 is 0 Å². The maximum Gasteiger partial charge on any atom is 0.223 e. The highest BCUT2D eigenvalue weighted by Crippen LogP contribution is 2.28. The minimum absolute atomic E-state index is 0.167. The molecular weight excluding hydrogens is 254 g/mol. The molecule has 2 aromatic heterocycles. The Hall–Kier alpha value is -2.37. The average molecular weight is 271 g/mol. The summed E-state index contributed by atoms with van der Waals surface area (Å²) in [5, 5.41) is 2.95. The summed E-state index contributed by atoms with van der Waals surface area (Å²) in [6, 6.07) is 3.71. The van der Waals surface area contributed by atoms with Gasteiger partial charge in [-0.15, -0.1) is 0 Å². The van der Waals surface area contributed by atoms with Gasteiger partial charge in [0.2, 0.25) is 5.91 Å². The molecule has 6 nitrogen and oxygen atoms in total. The van der Waals surface area contributed by atoms with E-state index in [9.17, 15) is 4.79 Å². The van der Waals surface area contributed by atoms with Crippen LogP contribution in [0.3, 0.4) is 0 Å². The molecule has 0 unspecified atom stereocenters. The smallest absolute Gasteiger partial charge is 0.223 e. The van der Waals surface area contributed by atoms with E-state index in [1.54, 1.807) is 18.7 Å². The summed E-state index contributed by atoms with van der Waals surface area (Å²) < 4.78 is 2.00. The number of carbonyl (C=O) groups excluding carboxylic acids is 1. The number of amides is 1. The van der Waals surface area contributed by atoms with Gasteiger partial charge in [-0.2, -0.15) is 0 Å². The lowest BCUT2D eigenvalue weighted by Gasteiger charge is -2.09. The first kappa shape index (κ1) is 12.7. The third-order valence-electron chi connectivity index (χ3n) is 3.39. The van der Waals surface area contributed by atoms with E-state index in [1.165, 1.54) is 0 Å². The van der Waals surface area contributed by atoms with Crippen LogP contribution in [-0.4, -0.2) is 27.0 Å². The van der Waals surface area contributed by atoms with Crippen LogP contribution >= 0.6 is 0 Å². The average Bonchev–Trinajstić information content (AvgIpc) is 3.19. The SMILES string of the molecule is Nc1cc(-c2cncn2CCNC(=O)C2CC2)ccn1. The summed E-state index contributed by atoms with van der Waals surface area (Å²) in [5.41, 5.74) is 7.64. The summed E-state index contributed by atoms with van der Waals surface area (Å²) in [7, 11) is 0. The van der Waals surface area contributed by atoms with E-state index in [2.05, 4.69) is 15.3 Å². The molecule has 0 spiro atoms. The van der Waals surface area contributed by atoms with Crippen molar-refractivity contribution in [3.05, 3.63) is 30.9 Å². The van der Waals surface area contributed by atoms with Crippen molar-refractivity contribution in [1.82, 2.24) is 19.9 Å². The highest BCUT2D eigenvalue weighted by Gasteiger charge is 2.29. The Morgan fingerprint density at radius 3 is 3.10 bits per heavy atom. The first-order valence-electron chi connectivity index (χ1n) is 6.74. The van der Waals surface area contributed by atoms with Gasteiger partial charge in [-0.05, 0) is 25.0 Å². The predicted octanol–water partition coefficient (Wildman–Crippen LogP) is 1.05. The number of imidazole rings is 1. The molecule has 1 aliphatic rings. The zero-order valence-corrected chi connectivity index (χ0v) is 11.1. The number of nitrogens with one attached hydrogen (secondary N) is 1. The zero-order chi connectivity index (χ0) is 13.9. The molecule has 20 heavy (non-hydrogen) atoms. The first-order valence-corrected chi connectivity index (χ1v) is 6.74. The van der Waals surface area contributed by atoms with Gasteiger partial charge < -0.3 is 15.6 Å². The van der Waals surface area contributed by atoms with Crippen LogP contribution in [-0.2, 0) is 11.3 Å². The molecule has 2 heterocycles. The van der Waals surface area contributed by atoms with Crippen molar-refractivity contribution >= 4 is 11.7 Å². The van der Waals surface area contributed by atoms with Gasteiger partial charge in [0, 0.05) is 30.8 Å². The highest BCUT2D eigenvalue weighted by molar-refractivity contribution is 5.80. The largest absolute Gasteiger partial charge is 0.384 e. The van der Waals surface area contributed by atoms with E-state index in [0.717, 1.165) is 24.1 Å². The molecule has 3 N–H and O–H groups in total. The van der Waals surface area contributed by atoms with Crippen molar-refractivity contribution in [2.75, 3.05) is 12.3 Å². The fourth-order valence-electron chi connectivity index (χ4n) is 2.14. The van der Waals surface area contributed by atoms with Gasteiger partial charge in [-0.25, -0.2) is 9.97 Å². The fraction of sp³-hybridized carbons (Fsp3) is 0.357. The Kier molecular flexibility index (Phi) is 3.37. The molecule has 104 valence electrons. The number of hydrogen-bond donors (Lipinski definition) is 2. The number of nitrogens with two attached hydrogens (primary N) is 1. The normalized spacial score (nSPS) is 14.2. The van der Waals surface area contributed by atoms with Crippen LogP contribution in [0, 0.1) is 5.92 Å². The van der Waals surface area contributed by atoms with Gasteiger partial charge in [-0.3, -0.25) is 4.79 Å². The second-order valence-corrected chi connectivity index (χ2v) is 5.01. The monoisotopic (exact) mass is 271 g/mol. The van der Waals surface area contributed by atoms with Crippen LogP contribution in [0.2, 0.25) is 0 Å². The second-order valence-electron chi connectivity index (χ2n) is 5.01. The lowest BCUT2D eigenvalue weighted by atomic mass is 10.2. The first-order chi connectivity index (χ1) is 9.74. The third-order valence-corrected chi connectivity index (χ3v) is 3.39. The molecule has 0 bridgehead atoms. The lowest BCUT2D eigenvalue weighted by molar-refractivity contribution is -0.122. The van der Waals surface area contributed by atoms with Crippen molar-refractivity contribution in [1.29, 1.82) is 0 Å². The molecule has 0 aliphatic heterocycles. The van der Waals surface area contributed by atoms with Crippen LogP contribution in [0.5, 0.6) is 0 Å². The zero-order valence-electron chi connectivity index (χ0n) is 11.1. The quantitative estimate of drug-likeness (QED) is 0.851. The molecule has 2 aromatic rings. The molecule has 6 heteroatoms. The topological polar surface area (TPSA) is 85.8 Å². The molecule has 1 aliphatic carbocycles. The van der Waals surface area contributed by atoms with Crippen LogP contribution in [0.4, 0.5) is 5.82 Å². The van der Waals surface area contributed by atoms with E-state index >= 15 is 0 Å². The van der Waals surface area contributed by atoms with Crippen LogP contribution in [0.1, 0.15) is 12.8 Å². The number of anilines is 1. The van der Waals surface area contributed by atoms with Gasteiger partial charge in [0.25, 0.3) is 0 Å². The number of aromatic nitrogens is 3. The molecule has 1 saturated carbocycles. The number of nitrogens with zero attached hydrogens (tertiary/aromatic N) is 3. The molecule has 0 atom stereocenters. The summed E-state index contributed by atoms with van der Waals surface area (Å²) in [4.78, 5) is 19.7. The van der Waals surface area contributed by atoms with Crippen molar-refractivity contribution < 1.29 is 4.79 Å². The Labute approximate surface area is 117 Å². The number of hydrogen-bond acceptors (Lipinski definition) is 4. The number of rotatable bonds is 5. The Bertz CT molecular complexity index is 618. The van der Waals surface area contributed by atoms with Crippen LogP contribution in [0.15, 0.2) is 30.9 Å². The van der Waals surface area contributed by atoms with Gasteiger partial charge >= 0.3 is 0 Å². The molecule has 0 saturated heterocycles. The molecule has 3 rings (SSSR count). The molecule has 0 radical (unpaired) electrons. The van der Waals surface area contributed by atoms with Crippen molar-refractivity contribution in [3.63, 3.8) is 0 Å². The Balaban J connectivity index is 1.65. The van der Waals surface area contributed by atoms with Crippen molar-refractivity contribution in [2.45, 2.75) is 19.4 Å². The summed E-state index contributed by atoms with van der Waals surface area (Å²) in [6.45, 7) is 1.30. The maximum atomic E-state index is 11.6. The Morgan fingerprint density at radius 1 is 1.50 bits per heavy atom. The standard InChI is InChI=1S/C14H17N5O/c15-13-7-11(3-4-17-13)12-8-16-9-19(12)6-5-18-14(20)10-1-2-10/h3-4,7-10H,1-2,5-6H2,(H2,15,17)(H,18,20). The van der Waals surface area contributed by atoms with Gasteiger partial charge in [0.05, 0.1) is 18.2 Å². The van der Waals surface area contributed by atoms with E-state index in [4.69, 9.17) is 5.73 Å². The molecule has 0 aromatic carbocycles. The molecule has 1 fully saturated rings. The predicted molar refractivity (Wildman–Crippen MR) is 75.6 cm³/mol. The molecular formula is C14H17N5O. The van der Waals surface area contributed by atoms with Gasteiger partial charge in [-0.1, -0.05) is 0 Å². The van der Waals surface area contributed by atoms with Crippen LogP contribution < -0.4 is 11.1 Å². The van der Waals surface area contributed by atoms with Gasteiger partial charge in [0.1, 0.15) is 5.82 Å². The van der Waals surface area contributed by atoms with Gasteiger partial charge in [0.15, 0.2) is 0 Å². The number of nitrogen functional groups attached to an aromatic ring is 1. The maximum absolute atomic E-state index is 11.6.